The summed E-state index contributed by atoms with van der Waals surface area (Å²) in [6.45, 7) is 0.889. The zero-order chi connectivity index (χ0) is 14.6. The smallest absolute Gasteiger partial charge is 0.328 e. The normalized spacial score (nSPS) is 22.3. The Morgan fingerprint density at radius 3 is 2.81 bits per heavy atom. The van der Waals surface area contributed by atoms with E-state index in [1.165, 1.54) is 0 Å². The molecule has 2 aliphatic rings. The van der Waals surface area contributed by atoms with Crippen molar-refractivity contribution >= 4 is 15.9 Å². The molecule has 0 amide bonds. The first-order valence-electron chi connectivity index (χ1n) is 6.55. The van der Waals surface area contributed by atoms with Crippen molar-refractivity contribution in [1.82, 2.24) is 9.97 Å². The number of hydrogen-bond donors (Lipinski definition) is 2. The number of halogens is 1. The van der Waals surface area contributed by atoms with Gasteiger partial charge in [0.2, 0.25) is 5.88 Å². The quantitative estimate of drug-likeness (QED) is 0.751. The molecule has 2 atom stereocenters. The summed E-state index contributed by atoms with van der Waals surface area (Å²) in [6, 6.07) is 5.73. The lowest BCUT2D eigenvalue weighted by atomic mass is 9.79. The lowest BCUT2D eigenvalue weighted by molar-refractivity contribution is 0.121. The molecular weight excluding hydrogens is 340 g/mol. The van der Waals surface area contributed by atoms with Gasteiger partial charge in [0.1, 0.15) is 5.75 Å². The Balaban J connectivity index is 1.99. The third-order valence-electron chi connectivity index (χ3n) is 3.93. The first-order valence-corrected chi connectivity index (χ1v) is 7.34. The molecule has 1 aromatic carbocycles. The number of aromatic amines is 2. The fourth-order valence-corrected chi connectivity index (χ4v) is 3.42. The van der Waals surface area contributed by atoms with Crippen LogP contribution in [0.5, 0.6) is 11.6 Å². The fourth-order valence-electron chi connectivity index (χ4n) is 3.04. The molecule has 6 nitrogen and oxygen atoms in total. The Labute approximate surface area is 127 Å². The number of H-pyrrole nitrogens is 2. The number of aromatic nitrogens is 2. The molecule has 0 aliphatic carbocycles. The van der Waals surface area contributed by atoms with Crippen LogP contribution in [0.15, 0.2) is 32.3 Å². The molecule has 21 heavy (non-hydrogen) atoms. The highest BCUT2D eigenvalue weighted by molar-refractivity contribution is 9.10. The Bertz CT molecular complexity index is 842. The number of nitrogens with one attached hydrogen (secondary N) is 2. The predicted octanol–water partition coefficient (Wildman–Crippen LogP) is 1.36. The van der Waals surface area contributed by atoms with Crippen LogP contribution in [0.3, 0.4) is 0 Å². The number of fused-ring (bicyclic) bond motifs is 5. The van der Waals surface area contributed by atoms with Crippen LogP contribution in [0.1, 0.15) is 17.0 Å². The van der Waals surface area contributed by atoms with Crippen LogP contribution >= 0.6 is 15.9 Å². The molecule has 0 saturated carbocycles. The van der Waals surface area contributed by atoms with Gasteiger partial charge in [0.25, 0.3) is 5.56 Å². The van der Waals surface area contributed by atoms with Gasteiger partial charge >= 0.3 is 5.69 Å². The topological polar surface area (TPSA) is 84.2 Å². The van der Waals surface area contributed by atoms with E-state index in [0.717, 1.165) is 15.8 Å². The van der Waals surface area contributed by atoms with E-state index in [4.69, 9.17) is 9.47 Å². The van der Waals surface area contributed by atoms with E-state index in [1.54, 1.807) is 0 Å². The Kier molecular flexibility index (Phi) is 2.72. The minimum absolute atomic E-state index is 0.0475. The average Bonchev–Trinajstić information content (AvgIpc) is 2.46. The summed E-state index contributed by atoms with van der Waals surface area (Å²) in [5.74, 6) is 0.928. The minimum Gasteiger partial charge on any atom is -0.493 e. The first kappa shape index (κ1) is 12.7. The van der Waals surface area contributed by atoms with E-state index in [0.29, 0.717) is 18.8 Å². The third kappa shape index (κ3) is 1.91. The average molecular weight is 351 g/mol. The van der Waals surface area contributed by atoms with Gasteiger partial charge in [-0.2, -0.15) is 0 Å². The van der Waals surface area contributed by atoms with Gasteiger partial charge in [-0.05, 0) is 18.2 Å². The van der Waals surface area contributed by atoms with Gasteiger partial charge in [-0.15, -0.1) is 0 Å². The highest BCUT2D eigenvalue weighted by Crippen LogP contribution is 2.45. The van der Waals surface area contributed by atoms with Crippen LogP contribution in [-0.2, 0) is 0 Å². The molecule has 108 valence electrons. The van der Waals surface area contributed by atoms with E-state index in [9.17, 15) is 9.59 Å². The number of hydrogen-bond acceptors (Lipinski definition) is 4. The van der Waals surface area contributed by atoms with Gasteiger partial charge in [0, 0.05) is 21.9 Å². The van der Waals surface area contributed by atoms with E-state index in [-0.39, 0.29) is 17.7 Å². The monoisotopic (exact) mass is 350 g/mol. The largest absolute Gasteiger partial charge is 0.493 e. The first-order chi connectivity index (χ1) is 10.1. The van der Waals surface area contributed by atoms with E-state index < -0.39 is 11.2 Å². The van der Waals surface area contributed by atoms with E-state index in [1.807, 2.05) is 18.2 Å². The molecule has 0 fully saturated rings. The zero-order valence-corrected chi connectivity index (χ0v) is 12.4. The van der Waals surface area contributed by atoms with Crippen molar-refractivity contribution in [3.63, 3.8) is 0 Å². The van der Waals surface area contributed by atoms with Crippen molar-refractivity contribution < 1.29 is 9.47 Å². The van der Waals surface area contributed by atoms with Crippen LogP contribution in [0, 0.1) is 5.92 Å². The minimum atomic E-state index is -0.557. The van der Waals surface area contributed by atoms with Gasteiger partial charge in [0.05, 0.1) is 18.8 Å². The Hall–Kier alpha value is -2.02. The van der Waals surface area contributed by atoms with Crippen LogP contribution in [0.2, 0.25) is 0 Å². The highest BCUT2D eigenvalue weighted by atomic mass is 79.9. The number of rotatable bonds is 0. The van der Waals surface area contributed by atoms with Crippen molar-refractivity contribution in [3.05, 3.63) is 54.6 Å². The van der Waals surface area contributed by atoms with Crippen LogP contribution in [0.4, 0.5) is 0 Å². The number of benzene rings is 1. The molecule has 7 heteroatoms. The summed E-state index contributed by atoms with van der Waals surface area (Å²) >= 11 is 3.45. The summed E-state index contributed by atoms with van der Waals surface area (Å²) in [5, 5.41) is 0. The summed E-state index contributed by atoms with van der Waals surface area (Å²) in [7, 11) is 0. The van der Waals surface area contributed by atoms with Gasteiger partial charge in [-0.1, -0.05) is 15.9 Å². The summed E-state index contributed by atoms with van der Waals surface area (Å²) < 4.78 is 12.2. The standard InChI is InChI=1S/C14H11BrN2O4/c15-7-1-2-9-8(3-7)10-6(4-20-9)5-21-13-11(10)12(18)16-14(19)17-13/h1-3,6,10H,4-5H2,(H2,16,17,18,19)/t6-,10+/m1/s1. The summed E-state index contributed by atoms with van der Waals surface area (Å²) in [6.07, 6.45) is 0. The van der Waals surface area contributed by atoms with Gasteiger partial charge in [-0.3, -0.25) is 14.8 Å². The summed E-state index contributed by atoms with van der Waals surface area (Å²) in [4.78, 5) is 28.5. The van der Waals surface area contributed by atoms with Crippen LogP contribution in [-0.4, -0.2) is 23.2 Å². The van der Waals surface area contributed by atoms with Gasteiger partial charge in [0.15, 0.2) is 0 Å². The second kappa shape index (κ2) is 4.49. The Morgan fingerprint density at radius 2 is 1.95 bits per heavy atom. The summed E-state index contributed by atoms with van der Waals surface area (Å²) in [5.41, 5.74) is 0.436. The van der Waals surface area contributed by atoms with Crippen LogP contribution < -0.4 is 20.7 Å². The maximum absolute atomic E-state index is 12.2. The maximum Gasteiger partial charge on any atom is 0.328 e. The van der Waals surface area contributed by atoms with Crippen molar-refractivity contribution in [2.75, 3.05) is 13.2 Å². The second-order valence-corrected chi connectivity index (χ2v) is 6.11. The highest BCUT2D eigenvalue weighted by Gasteiger charge is 2.40. The Morgan fingerprint density at radius 1 is 1.14 bits per heavy atom. The second-order valence-electron chi connectivity index (χ2n) is 5.19. The lowest BCUT2D eigenvalue weighted by Gasteiger charge is -2.37. The van der Waals surface area contributed by atoms with Crippen molar-refractivity contribution in [2.24, 2.45) is 5.92 Å². The number of ether oxygens (including phenoxy) is 2. The molecule has 4 rings (SSSR count). The van der Waals surface area contributed by atoms with Crippen molar-refractivity contribution in [3.8, 4) is 11.6 Å². The fraction of sp³-hybridized carbons (Fsp3) is 0.286. The molecule has 0 bridgehead atoms. The molecule has 2 N–H and O–H groups in total. The molecule has 3 heterocycles. The van der Waals surface area contributed by atoms with Gasteiger partial charge < -0.3 is 9.47 Å². The molecule has 0 saturated heterocycles. The van der Waals surface area contributed by atoms with Crippen LogP contribution in [0.25, 0.3) is 0 Å². The van der Waals surface area contributed by atoms with Crippen molar-refractivity contribution in [2.45, 2.75) is 5.92 Å². The third-order valence-corrected chi connectivity index (χ3v) is 4.42. The molecular formula is C14H11BrN2O4. The lowest BCUT2D eigenvalue weighted by Crippen LogP contribution is -2.40. The van der Waals surface area contributed by atoms with E-state index >= 15 is 0 Å². The molecule has 0 radical (unpaired) electrons. The zero-order valence-electron chi connectivity index (χ0n) is 10.8. The molecule has 2 aromatic rings. The van der Waals surface area contributed by atoms with Gasteiger partial charge in [-0.25, -0.2) is 4.79 Å². The molecule has 0 unspecified atom stereocenters. The SMILES string of the molecule is O=c1[nH]c2c(c(=O)[nH]1)[C@@H]1c3cc(Br)ccc3OC[C@@H]1CO2. The maximum atomic E-state index is 12.2. The molecule has 1 aromatic heterocycles. The molecule has 0 spiro atoms. The predicted molar refractivity (Wildman–Crippen MR) is 78.1 cm³/mol. The van der Waals surface area contributed by atoms with Crippen molar-refractivity contribution in [1.29, 1.82) is 0 Å². The molecule has 2 aliphatic heterocycles. The van der Waals surface area contributed by atoms with E-state index in [2.05, 4.69) is 25.9 Å².